The van der Waals surface area contributed by atoms with Crippen molar-refractivity contribution in [3.63, 3.8) is 0 Å². The summed E-state index contributed by atoms with van der Waals surface area (Å²) in [5, 5.41) is 9.77. The molecule has 0 radical (unpaired) electrons. The molecule has 0 atom stereocenters. The minimum Gasteiger partial charge on any atom is -0.489 e. The first-order valence-corrected chi connectivity index (χ1v) is 10.3. The van der Waals surface area contributed by atoms with Crippen molar-refractivity contribution in [3.05, 3.63) is 76.2 Å². The van der Waals surface area contributed by atoms with Crippen molar-refractivity contribution in [1.29, 1.82) is 0 Å². The lowest BCUT2D eigenvalue weighted by Gasteiger charge is -2.11. The largest absolute Gasteiger partial charge is 0.489 e. The number of nitrogens with one attached hydrogen (secondary N) is 2. The molecule has 0 saturated heterocycles. The number of carbonyl (C=O) groups is 2. The van der Waals surface area contributed by atoms with Gasteiger partial charge in [0.05, 0.1) is 11.3 Å². The summed E-state index contributed by atoms with van der Waals surface area (Å²) in [5.74, 6) is 1.02. The minimum atomic E-state index is -0.250. The fourth-order valence-corrected chi connectivity index (χ4v) is 3.15. The molecule has 1 saturated carbocycles. The van der Waals surface area contributed by atoms with Gasteiger partial charge in [0.2, 0.25) is 0 Å². The highest BCUT2D eigenvalue weighted by Crippen LogP contribution is 2.22. The maximum Gasteiger partial charge on any atom is 0.255 e. The molecule has 0 unspecified atom stereocenters. The summed E-state index contributed by atoms with van der Waals surface area (Å²) in [4.78, 5) is 25.0. The maximum atomic E-state index is 12.7. The van der Waals surface area contributed by atoms with E-state index in [4.69, 9.17) is 9.26 Å². The number of anilines is 1. The molecule has 1 aliphatic carbocycles. The molecule has 7 heteroatoms. The van der Waals surface area contributed by atoms with Crippen molar-refractivity contribution in [3.8, 4) is 5.75 Å². The number of hydrogen-bond acceptors (Lipinski definition) is 5. The van der Waals surface area contributed by atoms with Crippen LogP contribution in [0.5, 0.6) is 5.75 Å². The van der Waals surface area contributed by atoms with Crippen molar-refractivity contribution in [1.82, 2.24) is 10.5 Å². The molecule has 0 bridgehead atoms. The van der Waals surface area contributed by atoms with Gasteiger partial charge < -0.3 is 19.9 Å². The zero-order chi connectivity index (χ0) is 22.0. The van der Waals surface area contributed by atoms with Gasteiger partial charge in [-0.3, -0.25) is 9.59 Å². The number of rotatable bonds is 7. The molecular formula is C24H25N3O4. The van der Waals surface area contributed by atoms with Gasteiger partial charge in [-0.25, -0.2) is 0 Å². The highest BCUT2D eigenvalue weighted by atomic mass is 16.5. The summed E-state index contributed by atoms with van der Waals surface area (Å²) in [6.45, 7) is 5.96. The molecule has 4 rings (SSSR count). The first-order valence-electron chi connectivity index (χ1n) is 10.3. The van der Waals surface area contributed by atoms with Crippen LogP contribution in [0.2, 0.25) is 0 Å². The molecule has 1 aliphatic rings. The second-order valence-corrected chi connectivity index (χ2v) is 7.85. The van der Waals surface area contributed by atoms with E-state index in [0.717, 1.165) is 35.4 Å². The standard InChI is InChI=1S/C24H25N3O4/c1-14-4-5-18(24(29)25-19-8-9-19)12-22(14)26-23(28)17-6-10-20(11-7-17)30-13-21-15(2)27-31-16(21)3/h4-7,10-12,19H,8-9,13H2,1-3H3,(H,25,29)(H,26,28). The molecule has 7 nitrogen and oxygen atoms in total. The molecule has 2 amide bonds. The molecule has 1 aromatic heterocycles. The van der Waals surface area contributed by atoms with Crippen LogP contribution >= 0.6 is 0 Å². The third kappa shape index (κ3) is 4.94. The minimum absolute atomic E-state index is 0.113. The van der Waals surface area contributed by atoms with Crippen LogP contribution in [0, 0.1) is 20.8 Å². The molecule has 31 heavy (non-hydrogen) atoms. The van der Waals surface area contributed by atoms with Gasteiger partial charge in [-0.05, 0) is 75.6 Å². The average molecular weight is 419 g/mol. The van der Waals surface area contributed by atoms with Gasteiger partial charge in [-0.2, -0.15) is 0 Å². The molecule has 1 heterocycles. The van der Waals surface area contributed by atoms with E-state index in [2.05, 4.69) is 15.8 Å². The van der Waals surface area contributed by atoms with E-state index in [1.54, 1.807) is 36.4 Å². The van der Waals surface area contributed by atoms with Gasteiger partial charge in [-0.15, -0.1) is 0 Å². The van der Waals surface area contributed by atoms with Crippen molar-refractivity contribution < 1.29 is 18.8 Å². The Kier molecular flexibility index (Phi) is 5.75. The van der Waals surface area contributed by atoms with Gasteiger partial charge in [0.1, 0.15) is 18.1 Å². The van der Waals surface area contributed by atoms with E-state index in [0.29, 0.717) is 29.2 Å². The van der Waals surface area contributed by atoms with Crippen molar-refractivity contribution >= 4 is 17.5 Å². The second kappa shape index (κ2) is 8.63. The normalized spacial score (nSPS) is 13.0. The zero-order valence-electron chi connectivity index (χ0n) is 17.8. The highest BCUT2D eigenvalue weighted by Gasteiger charge is 2.24. The number of aryl methyl sites for hydroxylation is 3. The summed E-state index contributed by atoms with van der Waals surface area (Å²) in [7, 11) is 0. The Morgan fingerprint density at radius 1 is 1.03 bits per heavy atom. The summed E-state index contributed by atoms with van der Waals surface area (Å²) < 4.78 is 10.9. The highest BCUT2D eigenvalue weighted by molar-refractivity contribution is 6.05. The van der Waals surface area contributed by atoms with Crippen LogP contribution < -0.4 is 15.4 Å². The quantitative estimate of drug-likeness (QED) is 0.595. The Bertz CT molecular complexity index is 1090. The first kappa shape index (κ1) is 20.7. The molecule has 1 fully saturated rings. The Balaban J connectivity index is 1.40. The number of amides is 2. The number of ether oxygens (including phenoxy) is 1. The zero-order valence-corrected chi connectivity index (χ0v) is 17.8. The Morgan fingerprint density at radius 3 is 2.39 bits per heavy atom. The van der Waals surface area contributed by atoms with Gasteiger partial charge in [0, 0.05) is 22.9 Å². The van der Waals surface area contributed by atoms with E-state index in [1.165, 1.54) is 0 Å². The number of nitrogens with zero attached hydrogens (tertiary/aromatic N) is 1. The molecule has 3 aromatic rings. The van der Waals surface area contributed by atoms with Gasteiger partial charge in [-0.1, -0.05) is 11.2 Å². The van der Waals surface area contributed by atoms with Crippen LogP contribution in [0.4, 0.5) is 5.69 Å². The summed E-state index contributed by atoms with van der Waals surface area (Å²) in [6, 6.07) is 12.5. The van der Waals surface area contributed by atoms with Gasteiger partial charge in [0.15, 0.2) is 0 Å². The second-order valence-electron chi connectivity index (χ2n) is 7.85. The fraction of sp³-hybridized carbons (Fsp3) is 0.292. The van der Waals surface area contributed by atoms with Crippen LogP contribution in [0.1, 0.15) is 56.1 Å². The van der Waals surface area contributed by atoms with Crippen LogP contribution in [-0.2, 0) is 6.61 Å². The maximum absolute atomic E-state index is 12.7. The predicted molar refractivity (Wildman–Crippen MR) is 116 cm³/mol. The van der Waals surface area contributed by atoms with E-state index in [1.807, 2.05) is 26.8 Å². The number of hydrogen-bond donors (Lipinski definition) is 2. The van der Waals surface area contributed by atoms with Crippen molar-refractivity contribution in [2.24, 2.45) is 0 Å². The van der Waals surface area contributed by atoms with E-state index < -0.39 is 0 Å². The number of carbonyl (C=O) groups excluding carboxylic acids is 2. The molecule has 2 aromatic carbocycles. The summed E-state index contributed by atoms with van der Waals surface area (Å²) in [6.07, 6.45) is 2.05. The molecule has 0 spiro atoms. The van der Waals surface area contributed by atoms with E-state index >= 15 is 0 Å². The van der Waals surface area contributed by atoms with E-state index in [-0.39, 0.29) is 17.9 Å². The smallest absolute Gasteiger partial charge is 0.255 e. The van der Waals surface area contributed by atoms with Gasteiger partial charge in [0.25, 0.3) is 11.8 Å². The van der Waals surface area contributed by atoms with Gasteiger partial charge >= 0.3 is 0 Å². The van der Waals surface area contributed by atoms with Crippen molar-refractivity contribution in [2.75, 3.05) is 5.32 Å². The monoisotopic (exact) mass is 419 g/mol. The third-order valence-electron chi connectivity index (χ3n) is 5.34. The Labute approximate surface area is 180 Å². The SMILES string of the molecule is Cc1ccc(C(=O)NC2CC2)cc1NC(=O)c1ccc(OCc2c(C)noc2C)cc1. The number of aromatic nitrogens is 1. The summed E-state index contributed by atoms with van der Waals surface area (Å²) >= 11 is 0. The third-order valence-corrected chi connectivity index (χ3v) is 5.34. The summed E-state index contributed by atoms with van der Waals surface area (Å²) in [5.41, 5.74) is 4.26. The molecular weight excluding hydrogens is 394 g/mol. The van der Waals surface area contributed by atoms with Crippen LogP contribution in [0.3, 0.4) is 0 Å². The molecule has 0 aliphatic heterocycles. The topological polar surface area (TPSA) is 93.5 Å². The van der Waals surface area contributed by atoms with Crippen LogP contribution in [-0.4, -0.2) is 23.0 Å². The van der Waals surface area contributed by atoms with Crippen LogP contribution in [0.25, 0.3) is 0 Å². The van der Waals surface area contributed by atoms with E-state index in [9.17, 15) is 9.59 Å². The van der Waals surface area contributed by atoms with Crippen LogP contribution in [0.15, 0.2) is 47.0 Å². The lowest BCUT2D eigenvalue weighted by Crippen LogP contribution is -2.25. The Hall–Kier alpha value is -3.61. The average Bonchev–Trinajstić information content (AvgIpc) is 3.52. The molecule has 2 N–H and O–H groups in total. The lowest BCUT2D eigenvalue weighted by atomic mass is 10.1. The first-order chi connectivity index (χ1) is 14.9. The lowest BCUT2D eigenvalue weighted by molar-refractivity contribution is 0.0949. The Morgan fingerprint density at radius 2 is 1.74 bits per heavy atom. The van der Waals surface area contributed by atoms with Crippen molar-refractivity contribution in [2.45, 2.75) is 46.3 Å². The fourth-order valence-electron chi connectivity index (χ4n) is 3.15. The molecule has 160 valence electrons. The predicted octanol–water partition coefficient (Wildman–Crippen LogP) is 4.32. The number of benzene rings is 2.